The molecule has 2 rings (SSSR count). The number of nitrogens with zero attached hydrogens (tertiary/aromatic N) is 2. The van der Waals surface area contributed by atoms with E-state index in [1.54, 1.807) is 19.2 Å². The summed E-state index contributed by atoms with van der Waals surface area (Å²) in [4.78, 5) is 24.9. The number of anilines is 1. The third kappa shape index (κ3) is 2.91. The van der Waals surface area contributed by atoms with Crippen molar-refractivity contribution in [2.24, 2.45) is 0 Å². The first-order valence-electron chi connectivity index (χ1n) is 6.17. The van der Waals surface area contributed by atoms with E-state index in [-0.39, 0.29) is 11.8 Å². The average molecular weight is 257 g/mol. The predicted octanol–water partition coefficient (Wildman–Crippen LogP) is 1.56. The molecule has 0 spiro atoms. The van der Waals surface area contributed by atoms with Gasteiger partial charge in [0.2, 0.25) is 5.91 Å². The molecule has 2 amide bonds. The number of hydrogen-bond acceptors (Lipinski definition) is 3. The summed E-state index contributed by atoms with van der Waals surface area (Å²) in [5.74, 6) is -0.0901. The summed E-state index contributed by atoms with van der Waals surface area (Å²) in [6.07, 6.45) is 1.43. The molecule has 1 heterocycles. The highest BCUT2D eigenvalue weighted by molar-refractivity contribution is 5.97. The molecule has 0 unspecified atom stereocenters. The van der Waals surface area contributed by atoms with E-state index in [2.05, 4.69) is 5.32 Å². The molecule has 0 radical (unpaired) electrons. The first-order valence-corrected chi connectivity index (χ1v) is 6.17. The molecule has 5 nitrogen and oxygen atoms in total. The topological polar surface area (TPSA) is 73.2 Å². The van der Waals surface area contributed by atoms with Gasteiger partial charge < -0.3 is 10.2 Å². The SMILES string of the molecule is CN(CCC#N)C(=O)c1ccc2c(c1)CCC(=O)N2. The van der Waals surface area contributed by atoms with E-state index in [1.165, 1.54) is 4.90 Å². The largest absolute Gasteiger partial charge is 0.341 e. The predicted molar refractivity (Wildman–Crippen MR) is 70.6 cm³/mol. The number of amides is 2. The molecular weight excluding hydrogens is 242 g/mol. The molecule has 1 N–H and O–H groups in total. The van der Waals surface area contributed by atoms with Gasteiger partial charge in [-0.1, -0.05) is 0 Å². The second-order valence-electron chi connectivity index (χ2n) is 4.55. The zero-order chi connectivity index (χ0) is 13.8. The van der Waals surface area contributed by atoms with Crippen LogP contribution in [0.5, 0.6) is 0 Å². The Balaban J connectivity index is 2.16. The number of aryl methyl sites for hydroxylation is 1. The first kappa shape index (κ1) is 13.1. The summed E-state index contributed by atoms with van der Waals surface area (Å²) in [6.45, 7) is 0.420. The number of benzene rings is 1. The van der Waals surface area contributed by atoms with Crippen LogP contribution in [0.25, 0.3) is 0 Å². The van der Waals surface area contributed by atoms with Gasteiger partial charge in [-0.05, 0) is 30.2 Å². The van der Waals surface area contributed by atoms with E-state index in [4.69, 9.17) is 5.26 Å². The van der Waals surface area contributed by atoms with Crippen LogP contribution in [-0.2, 0) is 11.2 Å². The van der Waals surface area contributed by atoms with Gasteiger partial charge in [-0.2, -0.15) is 5.26 Å². The summed E-state index contributed by atoms with van der Waals surface area (Å²) >= 11 is 0. The third-order valence-electron chi connectivity index (χ3n) is 3.15. The van der Waals surface area contributed by atoms with Crippen molar-refractivity contribution < 1.29 is 9.59 Å². The zero-order valence-electron chi connectivity index (χ0n) is 10.8. The molecule has 0 bridgehead atoms. The maximum Gasteiger partial charge on any atom is 0.253 e. The summed E-state index contributed by atoms with van der Waals surface area (Å²) in [5, 5.41) is 11.3. The molecule has 0 aliphatic carbocycles. The highest BCUT2D eigenvalue weighted by Gasteiger charge is 2.18. The molecule has 0 fully saturated rings. The minimum absolute atomic E-state index is 0.0118. The zero-order valence-corrected chi connectivity index (χ0v) is 10.8. The Hall–Kier alpha value is -2.35. The summed E-state index contributed by atoms with van der Waals surface area (Å²) < 4.78 is 0. The number of carbonyl (C=O) groups excluding carboxylic acids is 2. The fraction of sp³-hybridized carbons (Fsp3) is 0.357. The van der Waals surface area contributed by atoms with Crippen molar-refractivity contribution in [1.82, 2.24) is 4.90 Å². The highest BCUT2D eigenvalue weighted by atomic mass is 16.2. The Labute approximate surface area is 111 Å². The Morgan fingerprint density at radius 1 is 1.47 bits per heavy atom. The molecule has 0 saturated carbocycles. The highest BCUT2D eigenvalue weighted by Crippen LogP contribution is 2.24. The van der Waals surface area contributed by atoms with Crippen LogP contribution in [0.1, 0.15) is 28.8 Å². The van der Waals surface area contributed by atoms with Crippen molar-refractivity contribution in [3.8, 4) is 6.07 Å². The van der Waals surface area contributed by atoms with Crippen LogP contribution >= 0.6 is 0 Å². The van der Waals surface area contributed by atoms with Gasteiger partial charge in [0.25, 0.3) is 5.91 Å². The number of nitriles is 1. The van der Waals surface area contributed by atoms with Crippen molar-refractivity contribution in [1.29, 1.82) is 5.26 Å². The lowest BCUT2D eigenvalue weighted by molar-refractivity contribution is -0.116. The normalized spacial score (nSPS) is 13.2. The number of nitrogens with one attached hydrogen (secondary N) is 1. The first-order chi connectivity index (χ1) is 9.11. The van der Waals surface area contributed by atoms with E-state index in [0.717, 1.165) is 11.3 Å². The Kier molecular flexibility index (Phi) is 3.81. The molecular formula is C14H15N3O2. The summed E-state index contributed by atoms with van der Waals surface area (Å²) in [5.41, 5.74) is 2.36. The standard InChI is InChI=1S/C14H15N3O2/c1-17(8-2-7-15)14(19)11-3-5-12-10(9-11)4-6-13(18)16-12/h3,5,9H,2,4,6,8H2,1H3,(H,16,18). The van der Waals surface area contributed by atoms with Gasteiger partial charge in [0.15, 0.2) is 0 Å². The van der Waals surface area contributed by atoms with Crippen LogP contribution < -0.4 is 5.32 Å². The lowest BCUT2D eigenvalue weighted by atomic mass is 10.00. The van der Waals surface area contributed by atoms with Crippen molar-refractivity contribution >= 4 is 17.5 Å². The maximum absolute atomic E-state index is 12.1. The molecule has 1 aromatic carbocycles. The van der Waals surface area contributed by atoms with Gasteiger partial charge in [0.05, 0.1) is 12.5 Å². The van der Waals surface area contributed by atoms with Crippen LogP contribution in [-0.4, -0.2) is 30.3 Å². The number of carbonyl (C=O) groups is 2. The van der Waals surface area contributed by atoms with Crippen LogP contribution in [0.2, 0.25) is 0 Å². The molecule has 1 aliphatic rings. The lowest BCUT2D eigenvalue weighted by Gasteiger charge is -2.19. The Morgan fingerprint density at radius 2 is 2.26 bits per heavy atom. The number of fused-ring (bicyclic) bond motifs is 1. The van der Waals surface area contributed by atoms with Gasteiger partial charge in [-0.25, -0.2) is 0 Å². The Bertz CT molecular complexity index is 560. The van der Waals surface area contributed by atoms with Crippen molar-refractivity contribution in [3.63, 3.8) is 0 Å². The van der Waals surface area contributed by atoms with E-state index in [0.29, 0.717) is 31.4 Å². The van der Waals surface area contributed by atoms with Gasteiger partial charge >= 0.3 is 0 Å². The van der Waals surface area contributed by atoms with E-state index >= 15 is 0 Å². The smallest absolute Gasteiger partial charge is 0.253 e. The quantitative estimate of drug-likeness (QED) is 0.893. The molecule has 5 heteroatoms. The van der Waals surface area contributed by atoms with Gasteiger partial charge in [0.1, 0.15) is 0 Å². The van der Waals surface area contributed by atoms with Crippen LogP contribution in [0, 0.1) is 11.3 Å². The number of hydrogen-bond donors (Lipinski definition) is 1. The van der Waals surface area contributed by atoms with E-state index in [9.17, 15) is 9.59 Å². The van der Waals surface area contributed by atoms with Gasteiger partial charge in [-0.15, -0.1) is 0 Å². The fourth-order valence-electron chi connectivity index (χ4n) is 2.06. The third-order valence-corrected chi connectivity index (χ3v) is 3.15. The van der Waals surface area contributed by atoms with Gasteiger partial charge in [-0.3, -0.25) is 9.59 Å². The van der Waals surface area contributed by atoms with E-state index in [1.807, 2.05) is 12.1 Å². The molecule has 19 heavy (non-hydrogen) atoms. The van der Waals surface area contributed by atoms with Crippen LogP contribution in [0.3, 0.4) is 0 Å². The average Bonchev–Trinajstić information content (AvgIpc) is 2.43. The van der Waals surface area contributed by atoms with Crippen molar-refractivity contribution in [3.05, 3.63) is 29.3 Å². The van der Waals surface area contributed by atoms with Crippen molar-refractivity contribution in [2.45, 2.75) is 19.3 Å². The summed E-state index contributed by atoms with van der Waals surface area (Å²) in [7, 11) is 1.68. The maximum atomic E-state index is 12.1. The fourth-order valence-corrected chi connectivity index (χ4v) is 2.06. The minimum atomic E-state index is -0.102. The molecule has 1 aromatic rings. The molecule has 0 aromatic heterocycles. The second kappa shape index (κ2) is 5.53. The minimum Gasteiger partial charge on any atom is -0.341 e. The number of rotatable bonds is 3. The molecule has 0 saturated heterocycles. The van der Waals surface area contributed by atoms with E-state index < -0.39 is 0 Å². The molecule has 1 aliphatic heterocycles. The van der Waals surface area contributed by atoms with Crippen LogP contribution in [0.4, 0.5) is 5.69 Å². The monoisotopic (exact) mass is 257 g/mol. The lowest BCUT2D eigenvalue weighted by Crippen LogP contribution is -2.28. The molecule has 98 valence electrons. The Morgan fingerprint density at radius 3 is 3.00 bits per heavy atom. The van der Waals surface area contributed by atoms with Crippen LogP contribution in [0.15, 0.2) is 18.2 Å². The van der Waals surface area contributed by atoms with Gasteiger partial charge in [0, 0.05) is 31.3 Å². The molecule has 0 atom stereocenters. The van der Waals surface area contributed by atoms with Crippen molar-refractivity contribution in [2.75, 3.05) is 18.9 Å². The summed E-state index contributed by atoms with van der Waals surface area (Å²) in [6, 6.07) is 7.30. The second-order valence-corrected chi connectivity index (χ2v) is 4.55.